The van der Waals surface area contributed by atoms with Crippen molar-refractivity contribution in [2.45, 2.75) is 32.0 Å². The topological polar surface area (TPSA) is 57.2 Å². The zero-order valence-electron chi connectivity index (χ0n) is 14.9. The third-order valence-corrected chi connectivity index (χ3v) is 4.52. The number of carbonyl (C=O) groups excluding carboxylic acids is 1. The van der Waals surface area contributed by atoms with Gasteiger partial charge in [0, 0.05) is 12.7 Å². The standard InChI is InChI=1S/C17H24BrNO5/c1-16(2,3)24-15(20)19-9-17(10-19,23-6)11-7-14(22-5)12(18)8-13(11)21-4/h7-8H,9-10H2,1-6H3. The van der Waals surface area contributed by atoms with Crippen molar-refractivity contribution in [1.82, 2.24) is 4.90 Å². The Labute approximate surface area is 151 Å². The van der Waals surface area contributed by atoms with Gasteiger partial charge in [0.05, 0.1) is 31.8 Å². The first-order chi connectivity index (χ1) is 11.2. The van der Waals surface area contributed by atoms with E-state index in [-0.39, 0.29) is 6.09 Å². The van der Waals surface area contributed by atoms with Gasteiger partial charge in [-0.25, -0.2) is 4.79 Å². The lowest BCUT2D eigenvalue weighted by Crippen LogP contribution is -2.62. The molecule has 0 aliphatic carbocycles. The first kappa shape index (κ1) is 18.9. The number of methoxy groups -OCH3 is 3. The molecule has 1 aliphatic heterocycles. The molecular formula is C17H24BrNO5. The predicted molar refractivity (Wildman–Crippen MR) is 93.7 cm³/mol. The zero-order chi connectivity index (χ0) is 18.1. The minimum absolute atomic E-state index is 0.349. The number of hydrogen-bond acceptors (Lipinski definition) is 5. The van der Waals surface area contributed by atoms with Crippen LogP contribution in [0.3, 0.4) is 0 Å². The van der Waals surface area contributed by atoms with Gasteiger partial charge in [0.15, 0.2) is 0 Å². The molecule has 0 N–H and O–H groups in total. The Morgan fingerprint density at radius 2 is 1.71 bits per heavy atom. The maximum atomic E-state index is 12.2. The summed E-state index contributed by atoms with van der Waals surface area (Å²) in [5, 5.41) is 0. The predicted octanol–water partition coefficient (Wildman–Crippen LogP) is 3.56. The minimum atomic E-state index is -0.643. The van der Waals surface area contributed by atoms with Crippen LogP contribution in [0.15, 0.2) is 16.6 Å². The second kappa shape index (κ2) is 6.80. The van der Waals surface area contributed by atoms with Gasteiger partial charge < -0.3 is 23.8 Å². The van der Waals surface area contributed by atoms with Crippen molar-refractivity contribution in [1.29, 1.82) is 0 Å². The summed E-state index contributed by atoms with van der Waals surface area (Å²) < 4.78 is 22.8. The average molecular weight is 402 g/mol. The number of halogens is 1. The molecule has 6 nitrogen and oxygen atoms in total. The highest BCUT2D eigenvalue weighted by molar-refractivity contribution is 9.10. The fourth-order valence-electron chi connectivity index (χ4n) is 2.65. The highest BCUT2D eigenvalue weighted by atomic mass is 79.9. The van der Waals surface area contributed by atoms with Gasteiger partial charge in [0.25, 0.3) is 0 Å². The van der Waals surface area contributed by atoms with E-state index in [1.54, 1.807) is 26.2 Å². The highest BCUT2D eigenvalue weighted by Gasteiger charge is 2.50. The van der Waals surface area contributed by atoms with E-state index in [0.29, 0.717) is 24.6 Å². The largest absolute Gasteiger partial charge is 0.496 e. The van der Waals surface area contributed by atoms with Crippen molar-refractivity contribution in [3.05, 3.63) is 22.2 Å². The molecule has 1 amide bonds. The molecule has 7 heteroatoms. The molecule has 1 aromatic rings. The van der Waals surface area contributed by atoms with Crippen LogP contribution in [0, 0.1) is 0 Å². The molecule has 1 aromatic carbocycles. The normalized spacial score (nSPS) is 16.4. The van der Waals surface area contributed by atoms with Gasteiger partial charge >= 0.3 is 6.09 Å². The quantitative estimate of drug-likeness (QED) is 0.771. The molecule has 2 rings (SSSR count). The van der Waals surface area contributed by atoms with Crippen LogP contribution in [-0.4, -0.2) is 51.0 Å². The van der Waals surface area contributed by atoms with Crippen molar-refractivity contribution in [3.8, 4) is 11.5 Å². The molecule has 0 bridgehead atoms. The Bertz CT molecular complexity index is 620. The van der Waals surface area contributed by atoms with E-state index in [1.807, 2.05) is 32.9 Å². The van der Waals surface area contributed by atoms with Crippen LogP contribution in [0.25, 0.3) is 0 Å². The molecule has 1 heterocycles. The highest BCUT2D eigenvalue weighted by Crippen LogP contribution is 2.44. The summed E-state index contributed by atoms with van der Waals surface area (Å²) in [6, 6.07) is 3.71. The summed E-state index contributed by atoms with van der Waals surface area (Å²) in [6.07, 6.45) is -0.349. The maximum Gasteiger partial charge on any atom is 0.410 e. The smallest absolute Gasteiger partial charge is 0.410 e. The Kier molecular flexibility index (Phi) is 5.34. The van der Waals surface area contributed by atoms with E-state index in [9.17, 15) is 4.79 Å². The van der Waals surface area contributed by atoms with Gasteiger partial charge in [0.1, 0.15) is 22.7 Å². The van der Waals surface area contributed by atoms with Crippen molar-refractivity contribution in [3.63, 3.8) is 0 Å². The zero-order valence-corrected chi connectivity index (χ0v) is 16.5. The monoisotopic (exact) mass is 401 g/mol. The SMILES string of the molecule is COc1cc(C2(OC)CN(C(=O)OC(C)(C)C)C2)c(OC)cc1Br. The fourth-order valence-corrected chi connectivity index (χ4v) is 3.14. The summed E-state index contributed by atoms with van der Waals surface area (Å²) in [7, 11) is 4.83. The number of ether oxygens (including phenoxy) is 4. The first-order valence-electron chi connectivity index (χ1n) is 7.61. The van der Waals surface area contributed by atoms with Gasteiger partial charge in [-0.05, 0) is 48.8 Å². The van der Waals surface area contributed by atoms with Gasteiger partial charge in [-0.1, -0.05) is 0 Å². The third kappa shape index (κ3) is 3.62. The van der Waals surface area contributed by atoms with E-state index in [4.69, 9.17) is 18.9 Å². The lowest BCUT2D eigenvalue weighted by molar-refractivity contribution is -0.128. The summed E-state index contributed by atoms with van der Waals surface area (Å²) in [4.78, 5) is 13.8. The maximum absolute atomic E-state index is 12.2. The Morgan fingerprint density at radius 1 is 1.12 bits per heavy atom. The number of benzene rings is 1. The molecule has 0 saturated carbocycles. The Morgan fingerprint density at radius 3 is 2.17 bits per heavy atom. The van der Waals surface area contributed by atoms with Gasteiger partial charge in [-0.3, -0.25) is 0 Å². The van der Waals surface area contributed by atoms with Crippen LogP contribution < -0.4 is 9.47 Å². The summed E-state index contributed by atoms with van der Waals surface area (Å²) in [5.74, 6) is 1.35. The minimum Gasteiger partial charge on any atom is -0.496 e. The second-order valence-corrected chi connectivity index (χ2v) is 7.58. The first-order valence-corrected chi connectivity index (χ1v) is 8.40. The average Bonchev–Trinajstić information content (AvgIpc) is 2.45. The lowest BCUT2D eigenvalue weighted by Gasteiger charge is -2.49. The molecule has 0 spiro atoms. The van der Waals surface area contributed by atoms with Crippen molar-refractivity contribution in [2.24, 2.45) is 0 Å². The molecule has 24 heavy (non-hydrogen) atoms. The van der Waals surface area contributed by atoms with Gasteiger partial charge in [-0.15, -0.1) is 0 Å². The number of rotatable bonds is 4. The number of amides is 1. The third-order valence-electron chi connectivity index (χ3n) is 3.90. The van der Waals surface area contributed by atoms with E-state index < -0.39 is 11.2 Å². The van der Waals surface area contributed by atoms with E-state index in [2.05, 4.69) is 15.9 Å². The second-order valence-electron chi connectivity index (χ2n) is 6.72. The molecule has 0 atom stereocenters. The molecule has 1 saturated heterocycles. The molecule has 0 aromatic heterocycles. The number of carbonyl (C=O) groups is 1. The number of likely N-dealkylation sites (tertiary alicyclic amines) is 1. The van der Waals surface area contributed by atoms with E-state index in [1.165, 1.54) is 0 Å². The molecule has 134 valence electrons. The van der Waals surface area contributed by atoms with Crippen LogP contribution in [-0.2, 0) is 15.1 Å². The van der Waals surface area contributed by atoms with Gasteiger partial charge in [0.2, 0.25) is 0 Å². The molecule has 0 radical (unpaired) electrons. The molecular weight excluding hydrogens is 378 g/mol. The van der Waals surface area contributed by atoms with Gasteiger partial charge in [-0.2, -0.15) is 0 Å². The van der Waals surface area contributed by atoms with Crippen molar-refractivity contribution < 1.29 is 23.7 Å². The molecule has 0 unspecified atom stereocenters. The summed E-state index contributed by atoms with van der Waals surface area (Å²) in [5.41, 5.74) is -0.329. The molecule has 1 aliphatic rings. The fraction of sp³-hybridized carbons (Fsp3) is 0.588. The van der Waals surface area contributed by atoms with E-state index >= 15 is 0 Å². The van der Waals surface area contributed by atoms with Crippen molar-refractivity contribution in [2.75, 3.05) is 34.4 Å². The number of hydrogen-bond donors (Lipinski definition) is 0. The summed E-state index contributed by atoms with van der Waals surface area (Å²) in [6.45, 7) is 6.31. The van der Waals surface area contributed by atoms with Crippen LogP contribution in [0.4, 0.5) is 4.79 Å². The molecule has 1 fully saturated rings. The Balaban J connectivity index is 2.26. The number of nitrogens with zero attached hydrogens (tertiary/aromatic N) is 1. The van der Waals surface area contributed by atoms with E-state index in [0.717, 1.165) is 10.0 Å². The van der Waals surface area contributed by atoms with Crippen LogP contribution >= 0.6 is 15.9 Å². The van der Waals surface area contributed by atoms with Crippen LogP contribution in [0.2, 0.25) is 0 Å². The Hall–Kier alpha value is -1.47. The lowest BCUT2D eigenvalue weighted by atomic mass is 9.85. The summed E-state index contributed by atoms with van der Waals surface area (Å²) >= 11 is 3.45. The van der Waals surface area contributed by atoms with Crippen LogP contribution in [0.1, 0.15) is 26.3 Å². The van der Waals surface area contributed by atoms with Crippen molar-refractivity contribution >= 4 is 22.0 Å². The van der Waals surface area contributed by atoms with Crippen LogP contribution in [0.5, 0.6) is 11.5 Å².